The maximum absolute atomic E-state index is 11.7. The van der Waals surface area contributed by atoms with Crippen LogP contribution in [-0.4, -0.2) is 33.4 Å². The minimum absolute atomic E-state index is 0.0245. The van der Waals surface area contributed by atoms with Crippen LogP contribution in [0.1, 0.15) is 5.82 Å². The average Bonchev–Trinajstić information content (AvgIpc) is 2.26. The van der Waals surface area contributed by atoms with E-state index in [1.54, 1.807) is 0 Å². The number of alkyl halides is 2. The van der Waals surface area contributed by atoms with Crippen molar-refractivity contribution in [3.8, 4) is 5.75 Å². The monoisotopic (exact) mass is 237 g/mol. The summed E-state index contributed by atoms with van der Waals surface area (Å²) < 4.78 is 28.1. The van der Waals surface area contributed by atoms with Crippen LogP contribution in [0.25, 0.3) is 0 Å². The third-order valence-corrected chi connectivity index (χ3v) is 1.52. The number of nitrogens with zero attached hydrogens (tertiary/aromatic N) is 3. The molecule has 0 amide bonds. The van der Waals surface area contributed by atoms with Crippen molar-refractivity contribution in [2.75, 3.05) is 6.61 Å². The van der Waals surface area contributed by atoms with Crippen molar-refractivity contribution in [1.29, 1.82) is 0 Å². The number of oxime groups is 1. The van der Waals surface area contributed by atoms with Gasteiger partial charge in [0.05, 0.1) is 12.4 Å². The highest BCUT2D eigenvalue weighted by atomic mass is 35.5. The quantitative estimate of drug-likeness (QED) is 0.489. The predicted octanol–water partition coefficient (Wildman–Crippen LogP) is 1.50. The van der Waals surface area contributed by atoms with Crippen LogP contribution >= 0.6 is 11.6 Å². The number of hydrogen-bond donors (Lipinski definition) is 1. The van der Waals surface area contributed by atoms with Crippen LogP contribution in [0.5, 0.6) is 5.75 Å². The van der Waals surface area contributed by atoms with Crippen molar-refractivity contribution in [3.63, 3.8) is 0 Å². The molecule has 0 saturated heterocycles. The van der Waals surface area contributed by atoms with Gasteiger partial charge in [-0.2, -0.15) is 0 Å². The SMILES string of the molecule is O/N=C(/Cl)c1ncc(OCC(F)F)cn1. The molecule has 5 nitrogen and oxygen atoms in total. The van der Waals surface area contributed by atoms with Gasteiger partial charge in [-0.05, 0) is 0 Å². The molecule has 0 aliphatic carbocycles. The minimum atomic E-state index is -2.56. The highest BCUT2D eigenvalue weighted by molar-refractivity contribution is 6.68. The van der Waals surface area contributed by atoms with E-state index < -0.39 is 13.0 Å². The van der Waals surface area contributed by atoms with E-state index in [1.165, 1.54) is 0 Å². The summed E-state index contributed by atoms with van der Waals surface area (Å²) in [5, 5.41) is 10.6. The van der Waals surface area contributed by atoms with Crippen molar-refractivity contribution in [2.24, 2.45) is 5.16 Å². The molecule has 1 N–H and O–H groups in total. The average molecular weight is 238 g/mol. The van der Waals surface area contributed by atoms with E-state index in [0.717, 1.165) is 12.4 Å². The molecule has 15 heavy (non-hydrogen) atoms. The highest BCUT2D eigenvalue weighted by Crippen LogP contribution is 2.08. The summed E-state index contributed by atoms with van der Waals surface area (Å²) in [4.78, 5) is 7.25. The third-order valence-electron chi connectivity index (χ3n) is 1.28. The van der Waals surface area contributed by atoms with Crippen molar-refractivity contribution in [2.45, 2.75) is 6.43 Å². The molecule has 0 aromatic carbocycles. The summed E-state index contributed by atoms with van der Waals surface area (Å²) in [6.07, 6.45) is -0.261. The van der Waals surface area contributed by atoms with E-state index in [9.17, 15) is 8.78 Å². The standard InChI is InChI=1S/C7H6ClF2N3O2/c8-6(13-14)7-11-1-4(2-12-7)15-3-5(9)10/h1-2,5,14H,3H2/b13-6+. The van der Waals surface area contributed by atoms with Gasteiger partial charge in [-0.3, -0.25) is 0 Å². The predicted molar refractivity (Wildman–Crippen MR) is 47.7 cm³/mol. The van der Waals surface area contributed by atoms with Crippen LogP contribution < -0.4 is 4.74 Å². The van der Waals surface area contributed by atoms with Crippen LogP contribution in [0.2, 0.25) is 0 Å². The molecule has 0 radical (unpaired) electrons. The number of hydrogen-bond acceptors (Lipinski definition) is 5. The maximum Gasteiger partial charge on any atom is 0.272 e. The van der Waals surface area contributed by atoms with Gasteiger partial charge >= 0.3 is 0 Å². The molecule has 0 aliphatic rings. The summed E-state index contributed by atoms with van der Waals surface area (Å²) in [5.41, 5.74) is 0. The van der Waals surface area contributed by atoms with Crippen LogP contribution in [-0.2, 0) is 0 Å². The molecular formula is C7H6ClF2N3O2. The van der Waals surface area contributed by atoms with E-state index in [4.69, 9.17) is 16.8 Å². The Morgan fingerprint density at radius 2 is 2.13 bits per heavy atom. The summed E-state index contributed by atoms with van der Waals surface area (Å²) in [6, 6.07) is 0. The summed E-state index contributed by atoms with van der Waals surface area (Å²) in [6.45, 7) is -0.732. The van der Waals surface area contributed by atoms with E-state index in [-0.39, 0.29) is 16.7 Å². The van der Waals surface area contributed by atoms with Gasteiger partial charge in [0.25, 0.3) is 6.43 Å². The highest BCUT2D eigenvalue weighted by Gasteiger charge is 2.06. The number of aromatic nitrogens is 2. The Balaban J connectivity index is 2.64. The zero-order valence-corrected chi connectivity index (χ0v) is 8.03. The van der Waals surface area contributed by atoms with Crippen LogP contribution in [0, 0.1) is 0 Å². The van der Waals surface area contributed by atoms with Gasteiger partial charge in [-0.1, -0.05) is 16.8 Å². The molecule has 8 heteroatoms. The van der Waals surface area contributed by atoms with Gasteiger partial charge < -0.3 is 9.94 Å². The van der Waals surface area contributed by atoms with Crippen LogP contribution in [0.4, 0.5) is 8.78 Å². The molecule has 0 unspecified atom stereocenters. The molecule has 82 valence electrons. The van der Waals surface area contributed by atoms with E-state index in [1.807, 2.05) is 0 Å². The second kappa shape index (κ2) is 5.40. The normalized spacial score (nSPS) is 11.9. The lowest BCUT2D eigenvalue weighted by Gasteiger charge is -2.03. The molecule has 0 aliphatic heterocycles. The molecule has 0 saturated carbocycles. The molecule has 1 aromatic heterocycles. The molecule has 1 rings (SSSR count). The largest absolute Gasteiger partial charge is 0.484 e. The summed E-state index contributed by atoms with van der Waals surface area (Å²) in [5.74, 6) is 0.0602. The molecule has 0 fully saturated rings. The Morgan fingerprint density at radius 1 is 1.53 bits per heavy atom. The first-order valence-electron chi connectivity index (χ1n) is 3.74. The minimum Gasteiger partial charge on any atom is -0.484 e. The van der Waals surface area contributed by atoms with Crippen molar-refractivity contribution in [3.05, 3.63) is 18.2 Å². The van der Waals surface area contributed by atoms with Gasteiger partial charge in [0.2, 0.25) is 5.17 Å². The zero-order chi connectivity index (χ0) is 11.3. The Labute approximate surface area is 88.4 Å². The van der Waals surface area contributed by atoms with Gasteiger partial charge in [0.15, 0.2) is 11.6 Å². The van der Waals surface area contributed by atoms with Gasteiger partial charge in [0, 0.05) is 0 Å². The molecule has 1 heterocycles. The van der Waals surface area contributed by atoms with E-state index in [2.05, 4.69) is 19.9 Å². The van der Waals surface area contributed by atoms with Gasteiger partial charge in [-0.15, -0.1) is 0 Å². The number of halogens is 3. The summed E-state index contributed by atoms with van der Waals surface area (Å²) in [7, 11) is 0. The molecule has 0 spiro atoms. The van der Waals surface area contributed by atoms with Crippen LogP contribution in [0.3, 0.4) is 0 Å². The molecule has 0 atom stereocenters. The van der Waals surface area contributed by atoms with Crippen LogP contribution in [0.15, 0.2) is 17.5 Å². The van der Waals surface area contributed by atoms with Gasteiger partial charge in [0.1, 0.15) is 6.61 Å². The first kappa shape index (κ1) is 11.6. The topological polar surface area (TPSA) is 67.6 Å². The second-order valence-corrected chi connectivity index (χ2v) is 2.69. The Bertz CT molecular complexity index is 345. The van der Waals surface area contributed by atoms with Crippen molar-refractivity contribution < 1.29 is 18.7 Å². The lowest BCUT2D eigenvalue weighted by molar-refractivity contribution is 0.0815. The third kappa shape index (κ3) is 3.62. The smallest absolute Gasteiger partial charge is 0.272 e. The Morgan fingerprint density at radius 3 is 2.60 bits per heavy atom. The fraction of sp³-hybridized carbons (Fsp3) is 0.286. The molecule has 1 aromatic rings. The van der Waals surface area contributed by atoms with Crippen molar-refractivity contribution in [1.82, 2.24) is 9.97 Å². The lowest BCUT2D eigenvalue weighted by Crippen LogP contribution is -2.08. The molecular weight excluding hydrogens is 232 g/mol. The maximum atomic E-state index is 11.7. The van der Waals surface area contributed by atoms with E-state index >= 15 is 0 Å². The Hall–Kier alpha value is -1.50. The first-order chi connectivity index (χ1) is 7.13. The first-order valence-corrected chi connectivity index (χ1v) is 4.12. The Kier molecular flexibility index (Phi) is 4.17. The lowest BCUT2D eigenvalue weighted by atomic mass is 10.5. The van der Waals surface area contributed by atoms with E-state index in [0.29, 0.717) is 0 Å². The van der Waals surface area contributed by atoms with Crippen molar-refractivity contribution >= 4 is 16.8 Å². The number of rotatable bonds is 4. The fourth-order valence-corrected chi connectivity index (χ4v) is 0.799. The number of ether oxygens (including phenoxy) is 1. The molecule has 0 bridgehead atoms. The zero-order valence-electron chi connectivity index (χ0n) is 7.27. The summed E-state index contributed by atoms with van der Waals surface area (Å²) >= 11 is 5.38. The fourth-order valence-electron chi connectivity index (χ4n) is 0.701. The second-order valence-electron chi connectivity index (χ2n) is 2.34. The van der Waals surface area contributed by atoms with Gasteiger partial charge in [-0.25, -0.2) is 18.7 Å².